The molecule has 0 aromatic heterocycles. The zero-order chi connectivity index (χ0) is 18.6. The lowest BCUT2D eigenvalue weighted by molar-refractivity contribution is 0.187. The molecule has 0 heterocycles. The molecule has 0 saturated heterocycles. The van der Waals surface area contributed by atoms with Gasteiger partial charge in [-0.15, -0.1) is 0 Å². The van der Waals surface area contributed by atoms with Crippen LogP contribution < -0.4 is 0 Å². The van der Waals surface area contributed by atoms with E-state index in [1.54, 1.807) is 11.1 Å². The maximum absolute atomic E-state index is 2.48. The van der Waals surface area contributed by atoms with E-state index in [1.807, 2.05) is 0 Å². The number of fused-ring (bicyclic) bond motifs is 1. The smallest absolute Gasteiger partial charge is 0.0181 e. The molecule has 1 atom stereocenters. The molecule has 0 bridgehead atoms. The number of aryl methyl sites for hydroxylation is 2. The van der Waals surface area contributed by atoms with E-state index in [-0.39, 0.29) is 0 Å². The molecule has 0 N–H and O–H groups in total. The number of hydrogen-bond acceptors (Lipinski definition) is 0. The van der Waals surface area contributed by atoms with E-state index in [9.17, 15) is 0 Å². The highest BCUT2D eigenvalue weighted by Gasteiger charge is 2.29. The molecule has 0 aliphatic heterocycles. The van der Waals surface area contributed by atoms with Crippen LogP contribution in [0.4, 0.5) is 0 Å². The molecule has 2 aromatic carbocycles. The van der Waals surface area contributed by atoms with Crippen LogP contribution in [0.3, 0.4) is 0 Å². The lowest BCUT2D eigenvalue weighted by Crippen LogP contribution is -2.26. The summed E-state index contributed by atoms with van der Waals surface area (Å²) >= 11 is 0. The molecular formula is C27H36. The second kappa shape index (κ2) is 8.63. The van der Waals surface area contributed by atoms with Crippen LogP contribution in [0.1, 0.15) is 75.5 Å². The molecule has 4 rings (SSSR count). The highest BCUT2D eigenvalue weighted by Crippen LogP contribution is 2.40. The zero-order valence-corrected chi connectivity index (χ0v) is 17.3. The van der Waals surface area contributed by atoms with Gasteiger partial charge in [0.1, 0.15) is 0 Å². The van der Waals surface area contributed by atoms with Gasteiger partial charge in [-0.25, -0.2) is 0 Å². The van der Waals surface area contributed by atoms with Gasteiger partial charge < -0.3 is 0 Å². The molecule has 144 valence electrons. The molecule has 0 nitrogen and oxygen atoms in total. The molecule has 27 heavy (non-hydrogen) atoms. The standard InChI is InChI=1S/C27H36/c1-3-5-21-8-12-23(13-9-21)25-15-17-26-18-24(14-16-27(26)19-25)22-10-6-20(4-2)7-11-22/h8-9,12-13,15,17,19-20,22,24H,3-7,10-11,14,16,18H2,1-2H3. The van der Waals surface area contributed by atoms with E-state index < -0.39 is 0 Å². The molecular weight excluding hydrogens is 324 g/mol. The second-order valence-electron chi connectivity index (χ2n) is 9.12. The normalized spacial score (nSPS) is 25.2. The molecule has 0 heteroatoms. The van der Waals surface area contributed by atoms with Crippen LogP contribution in [0.2, 0.25) is 0 Å². The Kier molecular flexibility index (Phi) is 6.01. The van der Waals surface area contributed by atoms with E-state index in [2.05, 4.69) is 56.3 Å². The number of benzene rings is 2. The van der Waals surface area contributed by atoms with E-state index in [0.717, 1.165) is 17.8 Å². The molecule has 2 aliphatic carbocycles. The lowest BCUT2D eigenvalue weighted by Gasteiger charge is -2.36. The third-order valence-electron chi connectivity index (χ3n) is 7.43. The topological polar surface area (TPSA) is 0 Å². The van der Waals surface area contributed by atoms with Crippen molar-refractivity contribution in [1.82, 2.24) is 0 Å². The SMILES string of the molecule is CCCc1ccc(-c2ccc3c(c2)CCC(C2CCC(CC)CC2)C3)cc1. The first-order chi connectivity index (χ1) is 13.3. The van der Waals surface area contributed by atoms with E-state index in [0.29, 0.717) is 0 Å². The summed E-state index contributed by atoms with van der Waals surface area (Å²) in [5.41, 5.74) is 7.48. The number of rotatable bonds is 5. The molecule has 2 aromatic rings. The van der Waals surface area contributed by atoms with Gasteiger partial charge in [-0.2, -0.15) is 0 Å². The minimum Gasteiger partial charge on any atom is -0.0651 e. The average Bonchev–Trinajstić information content (AvgIpc) is 2.74. The fourth-order valence-corrected chi connectivity index (χ4v) is 5.59. The van der Waals surface area contributed by atoms with Crippen LogP contribution >= 0.6 is 0 Å². The van der Waals surface area contributed by atoms with Crippen LogP contribution in [0.5, 0.6) is 0 Å². The lowest BCUT2D eigenvalue weighted by atomic mass is 9.69. The van der Waals surface area contributed by atoms with Gasteiger partial charge in [-0.05, 0) is 84.1 Å². The Hall–Kier alpha value is -1.56. The molecule has 0 spiro atoms. The molecule has 1 unspecified atom stereocenters. The van der Waals surface area contributed by atoms with Gasteiger partial charge in [-0.3, -0.25) is 0 Å². The first-order valence-corrected chi connectivity index (χ1v) is 11.5. The monoisotopic (exact) mass is 360 g/mol. The van der Waals surface area contributed by atoms with Crippen LogP contribution in [-0.4, -0.2) is 0 Å². The van der Waals surface area contributed by atoms with E-state index in [4.69, 9.17) is 0 Å². The summed E-state index contributed by atoms with van der Waals surface area (Å²) in [5, 5.41) is 0. The van der Waals surface area contributed by atoms with Gasteiger partial charge >= 0.3 is 0 Å². The van der Waals surface area contributed by atoms with Gasteiger partial charge in [0.2, 0.25) is 0 Å². The summed E-state index contributed by atoms with van der Waals surface area (Å²) in [7, 11) is 0. The van der Waals surface area contributed by atoms with Crippen molar-refractivity contribution in [3.63, 3.8) is 0 Å². The van der Waals surface area contributed by atoms with E-state index >= 15 is 0 Å². The third kappa shape index (κ3) is 4.31. The minimum atomic E-state index is 0.939. The predicted molar refractivity (Wildman–Crippen MR) is 117 cm³/mol. The largest absolute Gasteiger partial charge is 0.0651 e. The Balaban J connectivity index is 1.43. The van der Waals surface area contributed by atoms with Crippen molar-refractivity contribution in [2.45, 2.75) is 78.1 Å². The van der Waals surface area contributed by atoms with Gasteiger partial charge in [0.25, 0.3) is 0 Å². The Labute approximate surface area is 166 Å². The van der Waals surface area contributed by atoms with Crippen LogP contribution in [-0.2, 0) is 19.3 Å². The quantitative estimate of drug-likeness (QED) is 0.514. The van der Waals surface area contributed by atoms with Crippen molar-refractivity contribution in [3.05, 3.63) is 59.2 Å². The fraction of sp³-hybridized carbons (Fsp3) is 0.556. The van der Waals surface area contributed by atoms with Crippen molar-refractivity contribution >= 4 is 0 Å². The Morgan fingerprint density at radius 3 is 2.19 bits per heavy atom. The molecule has 2 aliphatic rings. The fourth-order valence-electron chi connectivity index (χ4n) is 5.59. The summed E-state index contributed by atoms with van der Waals surface area (Å²) in [4.78, 5) is 0. The van der Waals surface area contributed by atoms with Crippen molar-refractivity contribution in [2.75, 3.05) is 0 Å². The van der Waals surface area contributed by atoms with Gasteiger partial charge in [0.15, 0.2) is 0 Å². The van der Waals surface area contributed by atoms with Crippen molar-refractivity contribution in [3.8, 4) is 11.1 Å². The highest BCUT2D eigenvalue weighted by molar-refractivity contribution is 5.65. The van der Waals surface area contributed by atoms with Gasteiger partial charge in [0.05, 0.1) is 0 Å². The molecule has 0 amide bonds. The van der Waals surface area contributed by atoms with Crippen LogP contribution in [0, 0.1) is 17.8 Å². The minimum absolute atomic E-state index is 0.939. The second-order valence-corrected chi connectivity index (χ2v) is 9.12. The van der Waals surface area contributed by atoms with Crippen LogP contribution in [0.15, 0.2) is 42.5 Å². The predicted octanol–water partition coefficient (Wildman–Crippen LogP) is 7.63. The van der Waals surface area contributed by atoms with Gasteiger partial charge in [0, 0.05) is 0 Å². The Bertz CT molecular complexity index is 731. The highest BCUT2D eigenvalue weighted by atomic mass is 14.3. The van der Waals surface area contributed by atoms with Crippen molar-refractivity contribution in [2.24, 2.45) is 17.8 Å². The van der Waals surface area contributed by atoms with Crippen LogP contribution in [0.25, 0.3) is 11.1 Å². The van der Waals surface area contributed by atoms with E-state index in [1.165, 1.54) is 80.9 Å². The van der Waals surface area contributed by atoms with Crippen molar-refractivity contribution < 1.29 is 0 Å². The summed E-state index contributed by atoms with van der Waals surface area (Å²) in [6.07, 6.45) is 13.8. The molecule has 0 radical (unpaired) electrons. The first kappa shape index (κ1) is 18.8. The maximum Gasteiger partial charge on any atom is -0.0181 e. The molecule has 1 fully saturated rings. The Morgan fingerprint density at radius 1 is 0.741 bits per heavy atom. The molecule has 1 saturated carbocycles. The Morgan fingerprint density at radius 2 is 1.48 bits per heavy atom. The number of hydrogen-bond donors (Lipinski definition) is 0. The van der Waals surface area contributed by atoms with Gasteiger partial charge in [-0.1, -0.05) is 82.0 Å². The third-order valence-corrected chi connectivity index (χ3v) is 7.43. The first-order valence-electron chi connectivity index (χ1n) is 11.5. The average molecular weight is 361 g/mol. The summed E-state index contributed by atoms with van der Waals surface area (Å²) < 4.78 is 0. The van der Waals surface area contributed by atoms with Crippen molar-refractivity contribution in [1.29, 1.82) is 0 Å². The zero-order valence-electron chi connectivity index (χ0n) is 17.3. The summed E-state index contributed by atoms with van der Waals surface area (Å²) in [5.74, 6) is 2.95. The maximum atomic E-state index is 2.48. The summed E-state index contributed by atoms with van der Waals surface area (Å²) in [6, 6.07) is 16.5. The summed E-state index contributed by atoms with van der Waals surface area (Å²) in [6.45, 7) is 4.62.